The van der Waals surface area contributed by atoms with E-state index in [9.17, 15) is 4.79 Å². The molecule has 0 aromatic heterocycles. The van der Waals surface area contributed by atoms with Crippen molar-refractivity contribution in [3.63, 3.8) is 0 Å². The number of rotatable bonds is 3. The first-order chi connectivity index (χ1) is 9.15. The quantitative estimate of drug-likeness (QED) is 0.783. The highest BCUT2D eigenvalue weighted by Gasteiger charge is 2.21. The van der Waals surface area contributed by atoms with Gasteiger partial charge in [0, 0.05) is 11.7 Å². The first kappa shape index (κ1) is 13.9. The smallest absolute Gasteiger partial charge is 0.319 e. The minimum atomic E-state index is -0.116. The minimum Gasteiger partial charge on any atom is -0.335 e. The molecule has 1 aliphatic heterocycles. The predicted molar refractivity (Wildman–Crippen MR) is 78.4 cm³/mol. The highest BCUT2D eigenvalue weighted by Crippen LogP contribution is 2.16. The van der Waals surface area contributed by atoms with E-state index < -0.39 is 0 Å². The number of benzene rings is 1. The third-order valence-electron chi connectivity index (χ3n) is 3.76. The van der Waals surface area contributed by atoms with Gasteiger partial charge >= 0.3 is 6.03 Å². The van der Waals surface area contributed by atoms with Crippen LogP contribution in [0.2, 0.25) is 0 Å². The second-order valence-corrected chi connectivity index (χ2v) is 5.34. The van der Waals surface area contributed by atoms with E-state index in [0.717, 1.165) is 31.6 Å². The zero-order chi connectivity index (χ0) is 13.7. The molecule has 1 aromatic carbocycles. The lowest BCUT2D eigenvalue weighted by molar-refractivity contribution is 0.237. The van der Waals surface area contributed by atoms with Crippen LogP contribution in [0.5, 0.6) is 0 Å². The summed E-state index contributed by atoms with van der Waals surface area (Å²) in [5.41, 5.74) is 2.02. The summed E-state index contributed by atoms with van der Waals surface area (Å²) in [6.07, 6.45) is 2.26. The van der Waals surface area contributed by atoms with Gasteiger partial charge in [0.05, 0.1) is 0 Å². The van der Waals surface area contributed by atoms with Crippen LogP contribution < -0.4 is 16.0 Å². The van der Waals surface area contributed by atoms with E-state index in [1.807, 2.05) is 31.2 Å². The van der Waals surface area contributed by atoms with Gasteiger partial charge in [-0.3, -0.25) is 0 Å². The van der Waals surface area contributed by atoms with Crippen molar-refractivity contribution in [2.45, 2.75) is 32.7 Å². The predicted octanol–water partition coefficient (Wildman–Crippen LogP) is 2.50. The van der Waals surface area contributed by atoms with Crippen LogP contribution in [0.1, 0.15) is 25.3 Å². The van der Waals surface area contributed by atoms with Crippen molar-refractivity contribution < 1.29 is 4.79 Å². The van der Waals surface area contributed by atoms with E-state index in [4.69, 9.17) is 0 Å². The highest BCUT2D eigenvalue weighted by molar-refractivity contribution is 5.89. The van der Waals surface area contributed by atoms with Crippen molar-refractivity contribution in [2.75, 3.05) is 18.4 Å². The summed E-state index contributed by atoms with van der Waals surface area (Å²) in [6, 6.07) is 7.92. The van der Waals surface area contributed by atoms with Gasteiger partial charge in [-0.1, -0.05) is 17.7 Å². The average molecular weight is 261 g/mol. The van der Waals surface area contributed by atoms with Gasteiger partial charge in [0.2, 0.25) is 0 Å². The van der Waals surface area contributed by atoms with Crippen molar-refractivity contribution in [2.24, 2.45) is 5.92 Å². The number of anilines is 1. The van der Waals surface area contributed by atoms with Crippen LogP contribution in [0.25, 0.3) is 0 Å². The number of urea groups is 1. The maximum Gasteiger partial charge on any atom is 0.319 e. The molecule has 0 spiro atoms. The van der Waals surface area contributed by atoms with E-state index >= 15 is 0 Å². The lowest BCUT2D eigenvalue weighted by Crippen LogP contribution is -2.44. The molecule has 4 nitrogen and oxygen atoms in total. The summed E-state index contributed by atoms with van der Waals surface area (Å²) < 4.78 is 0. The van der Waals surface area contributed by atoms with E-state index in [2.05, 4.69) is 22.9 Å². The van der Waals surface area contributed by atoms with Crippen molar-refractivity contribution in [1.82, 2.24) is 10.6 Å². The Labute approximate surface area is 115 Å². The Bertz CT molecular complexity index is 410. The van der Waals surface area contributed by atoms with E-state index in [1.54, 1.807) is 0 Å². The molecule has 2 rings (SSSR count). The number of aryl methyl sites for hydroxylation is 1. The molecule has 0 saturated carbocycles. The zero-order valence-corrected chi connectivity index (χ0v) is 11.7. The second-order valence-electron chi connectivity index (χ2n) is 5.34. The van der Waals surface area contributed by atoms with Crippen LogP contribution in [0.15, 0.2) is 24.3 Å². The van der Waals surface area contributed by atoms with Gasteiger partial charge < -0.3 is 16.0 Å². The Morgan fingerprint density at radius 1 is 1.26 bits per heavy atom. The fraction of sp³-hybridized carbons (Fsp3) is 0.533. The van der Waals surface area contributed by atoms with Gasteiger partial charge in [0.1, 0.15) is 0 Å². The number of hydrogen-bond acceptors (Lipinski definition) is 2. The fourth-order valence-corrected chi connectivity index (χ4v) is 2.47. The summed E-state index contributed by atoms with van der Waals surface area (Å²) in [4.78, 5) is 11.9. The topological polar surface area (TPSA) is 53.2 Å². The minimum absolute atomic E-state index is 0.116. The molecule has 0 aliphatic carbocycles. The first-order valence-electron chi connectivity index (χ1n) is 7.00. The summed E-state index contributed by atoms with van der Waals surface area (Å²) in [5, 5.41) is 9.25. The molecule has 1 heterocycles. The molecule has 104 valence electrons. The van der Waals surface area contributed by atoms with E-state index in [0.29, 0.717) is 5.92 Å². The maximum absolute atomic E-state index is 11.9. The average Bonchev–Trinajstić information content (AvgIpc) is 2.42. The summed E-state index contributed by atoms with van der Waals surface area (Å²) in [7, 11) is 0. The highest BCUT2D eigenvalue weighted by atomic mass is 16.2. The Morgan fingerprint density at radius 2 is 1.89 bits per heavy atom. The normalized spacial score (nSPS) is 17.8. The monoisotopic (exact) mass is 261 g/mol. The van der Waals surface area contributed by atoms with Crippen LogP contribution >= 0.6 is 0 Å². The Kier molecular flexibility index (Phi) is 4.80. The van der Waals surface area contributed by atoms with Gasteiger partial charge in [0.25, 0.3) is 0 Å². The molecule has 4 heteroatoms. The van der Waals surface area contributed by atoms with Crippen LogP contribution in [0, 0.1) is 12.8 Å². The molecule has 19 heavy (non-hydrogen) atoms. The molecule has 1 aromatic rings. The number of nitrogens with one attached hydrogen (secondary N) is 3. The van der Waals surface area contributed by atoms with Crippen LogP contribution in [-0.4, -0.2) is 25.2 Å². The third-order valence-corrected chi connectivity index (χ3v) is 3.76. The summed E-state index contributed by atoms with van der Waals surface area (Å²) in [6.45, 7) is 6.22. The molecule has 1 atom stereocenters. The number of carbonyl (C=O) groups is 1. The van der Waals surface area contributed by atoms with Crippen LogP contribution in [0.4, 0.5) is 10.5 Å². The molecule has 3 N–H and O–H groups in total. The van der Waals surface area contributed by atoms with Gasteiger partial charge in [-0.25, -0.2) is 4.79 Å². The third kappa shape index (κ3) is 4.24. The van der Waals surface area contributed by atoms with Crippen molar-refractivity contribution >= 4 is 11.7 Å². The number of carbonyl (C=O) groups excluding carboxylic acids is 1. The lowest BCUT2D eigenvalue weighted by Gasteiger charge is -2.28. The molecular formula is C15H23N3O. The van der Waals surface area contributed by atoms with Crippen LogP contribution in [-0.2, 0) is 0 Å². The molecule has 2 amide bonds. The molecule has 0 bridgehead atoms. The van der Waals surface area contributed by atoms with Gasteiger partial charge in [-0.15, -0.1) is 0 Å². The molecule has 0 radical (unpaired) electrons. The SMILES string of the molecule is Cc1ccc(NC(=O)NC(C)C2CCNCC2)cc1. The van der Waals surface area contributed by atoms with Crippen molar-refractivity contribution in [1.29, 1.82) is 0 Å². The van der Waals surface area contributed by atoms with E-state index in [-0.39, 0.29) is 12.1 Å². The number of piperidine rings is 1. The largest absolute Gasteiger partial charge is 0.335 e. The number of hydrogen-bond donors (Lipinski definition) is 3. The Morgan fingerprint density at radius 3 is 2.53 bits per heavy atom. The van der Waals surface area contributed by atoms with Crippen LogP contribution in [0.3, 0.4) is 0 Å². The molecule has 1 saturated heterocycles. The van der Waals surface area contributed by atoms with E-state index in [1.165, 1.54) is 5.56 Å². The van der Waals surface area contributed by atoms with Gasteiger partial charge in [0.15, 0.2) is 0 Å². The van der Waals surface area contributed by atoms with Crippen molar-refractivity contribution in [3.05, 3.63) is 29.8 Å². The zero-order valence-electron chi connectivity index (χ0n) is 11.7. The molecule has 1 unspecified atom stereocenters. The second kappa shape index (κ2) is 6.57. The Balaban J connectivity index is 1.81. The number of amides is 2. The fourth-order valence-electron chi connectivity index (χ4n) is 2.47. The lowest BCUT2D eigenvalue weighted by atomic mass is 9.91. The molecule has 1 fully saturated rings. The van der Waals surface area contributed by atoms with Gasteiger partial charge in [-0.2, -0.15) is 0 Å². The summed E-state index contributed by atoms with van der Waals surface area (Å²) in [5.74, 6) is 0.574. The molecular weight excluding hydrogens is 238 g/mol. The Hall–Kier alpha value is -1.55. The maximum atomic E-state index is 11.9. The standard InChI is InChI=1S/C15H23N3O/c1-11-3-5-14(6-4-11)18-15(19)17-12(2)13-7-9-16-10-8-13/h3-6,12-13,16H,7-10H2,1-2H3,(H2,17,18,19). The first-order valence-corrected chi connectivity index (χ1v) is 7.00. The van der Waals surface area contributed by atoms with Crippen molar-refractivity contribution in [3.8, 4) is 0 Å². The van der Waals surface area contributed by atoms with Gasteiger partial charge in [-0.05, 0) is 57.8 Å². The summed E-state index contributed by atoms with van der Waals surface area (Å²) >= 11 is 0. The molecule has 1 aliphatic rings.